The number of amides is 2. The molecule has 1 aliphatic rings. The van der Waals surface area contributed by atoms with Crippen LogP contribution in [0.1, 0.15) is 22.5 Å². The van der Waals surface area contributed by atoms with Crippen LogP contribution in [0.2, 0.25) is 0 Å². The van der Waals surface area contributed by atoms with Gasteiger partial charge in [0, 0.05) is 43.8 Å². The van der Waals surface area contributed by atoms with Crippen molar-refractivity contribution >= 4 is 34.0 Å². The van der Waals surface area contributed by atoms with Crippen molar-refractivity contribution in [3.63, 3.8) is 0 Å². The zero-order valence-corrected chi connectivity index (χ0v) is 20.7. The first-order chi connectivity index (χ1) is 17.1. The fourth-order valence-corrected chi connectivity index (χ4v) is 4.63. The average Bonchev–Trinajstić information content (AvgIpc) is 3.36. The highest BCUT2D eigenvalue weighted by molar-refractivity contribution is 7.14. The molecular formula is C26H31N5O3S. The van der Waals surface area contributed by atoms with Crippen LogP contribution >= 0.6 is 11.3 Å². The van der Waals surface area contributed by atoms with Crippen molar-refractivity contribution in [3.8, 4) is 5.75 Å². The van der Waals surface area contributed by atoms with E-state index in [4.69, 9.17) is 4.74 Å². The highest BCUT2D eigenvalue weighted by Crippen LogP contribution is 2.23. The number of nitrogens with zero attached hydrogens (tertiary/aromatic N) is 3. The van der Waals surface area contributed by atoms with Gasteiger partial charge in [0.25, 0.3) is 5.91 Å². The summed E-state index contributed by atoms with van der Waals surface area (Å²) < 4.78 is 5.17. The third-order valence-electron chi connectivity index (χ3n) is 5.90. The lowest BCUT2D eigenvalue weighted by atomic mass is 10.1. The molecule has 0 bridgehead atoms. The summed E-state index contributed by atoms with van der Waals surface area (Å²) in [6, 6.07) is 17.8. The molecule has 9 heteroatoms. The van der Waals surface area contributed by atoms with Crippen LogP contribution in [0.3, 0.4) is 0 Å². The molecule has 0 spiro atoms. The number of thiazole rings is 1. The maximum Gasteiger partial charge on any atom is 0.273 e. The van der Waals surface area contributed by atoms with Gasteiger partial charge in [-0.1, -0.05) is 30.3 Å². The minimum Gasteiger partial charge on any atom is -0.497 e. The van der Waals surface area contributed by atoms with Gasteiger partial charge in [-0.15, -0.1) is 11.3 Å². The molecule has 1 fully saturated rings. The van der Waals surface area contributed by atoms with Crippen molar-refractivity contribution in [2.45, 2.75) is 12.8 Å². The molecule has 2 amide bonds. The molecule has 3 aromatic rings. The van der Waals surface area contributed by atoms with E-state index in [0.29, 0.717) is 50.1 Å². The maximum absolute atomic E-state index is 12.9. The molecule has 4 rings (SSSR count). The van der Waals surface area contributed by atoms with Gasteiger partial charge in [-0.2, -0.15) is 0 Å². The second-order valence-corrected chi connectivity index (χ2v) is 9.26. The number of benzene rings is 2. The van der Waals surface area contributed by atoms with E-state index in [1.807, 2.05) is 42.5 Å². The van der Waals surface area contributed by atoms with Crippen molar-refractivity contribution in [3.05, 3.63) is 71.2 Å². The van der Waals surface area contributed by atoms with Gasteiger partial charge < -0.3 is 20.3 Å². The maximum atomic E-state index is 12.9. The van der Waals surface area contributed by atoms with E-state index in [2.05, 4.69) is 32.7 Å². The second-order valence-electron chi connectivity index (χ2n) is 8.40. The van der Waals surface area contributed by atoms with Crippen molar-refractivity contribution < 1.29 is 14.3 Å². The number of aromatic nitrogens is 1. The standard InChI is InChI=1S/C26H31N5O3S/c1-34-22-11-9-21(10-12-22)28-26-29-23(19-35-26)25(33)31-16-14-30(15-17-31)18-24(32)27-13-5-8-20-6-3-2-4-7-20/h2-4,6-7,9-12,19H,5,8,13-18H2,1H3,(H,27,32)(H,28,29). The number of ether oxygens (including phenoxy) is 1. The summed E-state index contributed by atoms with van der Waals surface area (Å²) >= 11 is 1.40. The van der Waals surface area contributed by atoms with Crippen molar-refractivity contribution in [1.29, 1.82) is 0 Å². The van der Waals surface area contributed by atoms with E-state index >= 15 is 0 Å². The van der Waals surface area contributed by atoms with Crippen molar-refractivity contribution in [1.82, 2.24) is 20.1 Å². The molecule has 1 aromatic heterocycles. The lowest BCUT2D eigenvalue weighted by molar-refractivity contribution is -0.122. The Kier molecular flexibility index (Phi) is 8.69. The summed E-state index contributed by atoms with van der Waals surface area (Å²) in [5, 5.41) is 8.67. The number of hydrogen-bond acceptors (Lipinski definition) is 7. The molecule has 0 atom stereocenters. The molecule has 35 heavy (non-hydrogen) atoms. The Balaban J connectivity index is 1.16. The minimum atomic E-state index is -0.0750. The molecule has 2 heterocycles. The van der Waals surface area contributed by atoms with Crippen LogP contribution in [-0.2, 0) is 11.2 Å². The largest absolute Gasteiger partial charge is 0.497 e. The van der Waals surface area contributed by atoms with Crippen LogP contribution in [0, 0.1) is 0 Å². The first-order valence-electron chi connectivity index (χ1n) is 11.8. The molecule has 0 unspecified atom stereocenters. The van der Waals surface area contributed by atoms with Gasteiger partial charge in [0.05, 0.1) is 13.7 Å². The number of hydrogen-bond donors (Lipinski definition) is 2. The number of carbonyl (C=O) groups excluding carboxylic acids is 2. The number of aryl methyl sites for hydroxylation is 1. The molecule has 1 saturated heterocycles. The number of anilines is 2. The topological polar surface area (TPSA) is 86.8 Å². The zero-order chi connectivity index (χ0) is 24.5. The molecule has 0 radical (unpaired) electrons. The van der Waals surface area contributed by atoms with Gasteiger partial charge in [0.2, 0.25) is 5.91 Å². The Morgan fingerprint density at radius 2 is 1.77 bits per heavy atom. The first kappa shape index (κ1) is 24.7. The summed E-state index contributed by atoms with van der Waals surface area (Å²) in [5.74, 6) is 0.742. The van der Waals surface area contributed by atoms with Crippen LogP contribution < -0.4 is 15.4 Å². The average molecular weight is 494 g/mol. The van der Waals surface area contributed by atoms with Gasteiger partial charge in [-0.3, -0.25) is 14.5 Å². The SMILES string of the molecule is COc1ccc(Nc2nc(C(=O)N3CCN(CC(=O)NCCCc4ccccc4)CC3)cs2)cc1. The molecule has 184 valence electrons. The number of nitrogens with one attached hydrogen (secondary N) is 2. The number of carbonyl (C=O) groups is 2. The minimum absolute atomic E-state index is 0.0339. The van der Waals surface area contributed by atoms with Gasteiger partial charge >= 0.3 is 0 Å². The predicted octanol–water partition coefficient (Wildman–Crippen LogP) is 3.40. The van der Waals surface area contributed by atoms with E-state index in [1.54, 1.807) is 17.4 Å². The summed E-state index contributed by atoms with van der Waals surface area (Å²) in [5.41, 5.74) is 2.60. The lowest BCUT2D eigenvalue weighted by Gasteiger charge is -2.33. The Hall–Kier alpha value is -3.43. The molecule has 0 aliphatic carbocycles. The Morgan fingerprint density at radius 1 is 1.03 bits per heavy atom. The van der Waals surface area contributed by atoms with Crippen LogP contribution in [0.4, 0.5) is 10.8 Å². The van der Waals surface area contributed by atoms with E-state index < -0.39 is 0 Å². The lowest BCUT2D eigenvalue weighted by Crippen LogP contribution is -2.51. The van der Waals surface area contributed by atoms with Crippen LogP contribution in [-0.4, -0.2) is 73.0 Å². The van der Waals surface area contributed by atoms with Gasteiger partial charge in [0.15, 0.2) is 5.13 Å². The molecule has 0 saturated carbocycles. The molecule has 1 aliphatic heterocycles. The summed E-state index contributed by atoms with van der Waals surface area (Å²) in [6.07, 6.45) is 1.87. The smallest absolute Gasteiger partial charge is 0.273 e. The predicted molar refractivity (Wildman–Crippen MR) is 139 cm³/mol. The normalized spacial score (nSPS) is 13.9. The van der Waals surface area contributed by atoms with Crippen LogP contribution in [0.25, 0.3) is 0 Å². The Bertz CT molecular complexity index is 1100. The molecule has 2 N–H and O–H groups in total. The fraction of sp³-hybridized carbons (Fsp3) is 0.346. The quantitative estimate of drug-likeness (QED) is 0.421. The number of piperazine rings is 1. The monoisotopic (exact) mass is 493 g/mol. The number of rotatable bonds is 10. The third-order valence-corrected chi connectivity index (χ3v) is 6.66. The summed E-state index contributed by atoms with van der Waals surface area (Å²) in [6.45, 7) is 3.54. The number of methoxy groups -OCH3 is 1. The van der Waals surface area contributed by atoms with Gasteiger partial charge in [-0.25, -0.2) is 4.98 Å². The van der Waals surface area contributed by atoms with E-state index in [0.717, 1.165) is 24.3 Å². The Morgan fingerprint density at radius 3 is 2.49 bits per heavy atom. The van der Waals surface area contributed by atoms with Gasteiger partial charge in [0.1, 0.15) is 11.4 Å². The van der Waals surface area contributed by atoms with Crippen LogP contribution in [0.5, 0.6) is 5.75 Å². The fourth-order valence-electron chi connectivity index (χ4n) is 3.92. The van der Waals surface area contributed by atoms with Crippen molar-refractivity contribution in [2.24, 2.45) is 0 Å². The zero-order valence-electron chi connectivity index (χ0n) is 19.9. The van der Waals surface area contributed by atoms with Crippen molar-refractivity contribution in [2.75, 3.05) is 51.7 Å². The first-order valence-corrected chi connectivity index (χ1v) is 12.7. The summed E-state index contributed by atoms with van der Waals surface area (Å²) in [7, 11) is 1.63. The second kappa shape index (κ2) is 12.3. The highest BCUT2D eigenvalue weighted by Gasteiger charge is 2.24. The molecular weight excluding hydrogens is 462 g/mol. The van der Waals surface area contributed by atoms with E-state index in [1.165, 1.54) is 16.9 Å². The third kappa shape index (κ3) is 7.27. The van der Waals surface area contributed by atoms with Gasteiger partial charge in [-0.05, 0) is 42.7 Å². The summed E-state index contributed by atoms with van der Waals surface area (Å²) in [4.78, 5) is 33.5. The molecule has 8 nitrogen and oxygen atoms in total. The highest BCUT2D eigenvalue weighted by atomic mass is 32.1. The van der Waals surface area contributed by atoms with E-state index in [-0.39, 0.29) is 11.8 Å². The van der Waals surface area contributed by atoms with E-state index in [9.17, 15) is 9.59 Å². The van der Waals surface area contributed by atoms with Crippen LogP contribution in [0.15, 0.2) is 60.0 Å². The molecule has 2 aromatic carbocycles. The Labute approximate surface area is 209 Å².